The smallest absolute Gasteiger partial charge is 0.119 e. The van der Waals surface area contributed by atoms with E-state index in [9.17, 15) is 5.11 Å². The summed E-state index contributed by atoms with van der Waals surface area (Å²) in [6.07, 6.45) is 1.27. The van der Waals surface area contributed by atoms with Crippen LogP contribution in [0.1, 0.15) is 30.8 Å². The summed E-state index contributed by atoms with van der Waals surface area (Å²) in [6.45, 7) is 7.07. The van der Waals surface area contributed by atoms with Crippen LogP contribution >= 0.6 is 0 Å². The summed E-state index contributed by atoms with van der Waals surface area (Å²) >= 11 is 0. The Bertz CT molecular complexity index is 564. The molecule has 0 radical (unpaired) electrons. The maximum atomic E-state index is 10.2. The molecule has 0 saturated carbocycles. The summed E-state index contributed by atoms with van der Waals surface area (Å²) in [7, 11) is 0. The molecule has 1 N–H and O–H groups in total. The van der Waals surface area contributed by atoms with E-state index < -0.39 is 6.10 Å². The minimum Gasteiger partial charge on any atom is -0.491 e. The number of hydrogen-bond acceptors (Lipinski definition) is 3. The molecule has 21 heavy (non-hydrogen) atoms. The lowest BCUT2D eigenvalue weighted by molar-refractivity contribution is 0.0884. The fourth-order valence-electron chi connectivity index (χ4n) is 2.54. The Balaban J connectivity index is 1.98. The molecule has 1 aromatic carbocycles. The molecule has 4 nitrogen and oxygen atoms in total. The summed E-state index contributed by atoms with van der Waals surface area (Å²) < 4.78 is 7.51. The first-order chi connectivity index (χ1) is 10.2. The van der Waals surface area contributed by atoms with Gasteiger partial charge in [0.2, 0.25) is 0 Å². The third-order valence-corrected chi connectivity index (χ3v) is 3.66. The maximum Gasteiger partial charge on any atom is 0.119 e. The normalized spacial score (nSPS) is 12.4. The second-order valence-corrected chi connectivity index (χ2v) is 5.19. The van der Waals surface area contributed by atoms with Crippen LogP contribution in [0, 0.1) is 6.92 Å². The number of benzene rings is 1. The van der Waals surface area contributed by atoms with E-state index in [1.54, 1.807) is 0 Å². The van der Waals surface area contributed by atoms with Crippen molar-refractivity contribution in [3.05, 3.63) is 47.3 Å². The highest BCUT2D eigenvalue weighted by Crippen LogP contribution is 2.15. The Morgan fingerprint density at radius 1 is 1.19 bits per heavy atom. The van der Waals surface area contributed by atoms with Gasteiger partial charge in [0.05, 0.1) is 12.2 Å². The fraction of sp³-hybridized carbons (Fsp3) is 0.471. The minimum atomic E-state index is -0.570. The third-order valence-electron chi connectivity index (χ3n) is 3.66. The van der Waals surface area contributed by atoms with Crippen LogP contribution in [0.5, 0.6) is 5.75 Å². The quantitative estimate of drug-likeness (QED) is 0.852. The molecule has 0 amide bonds. The zero-order valence-electron chi connectivity index (χ0n) is 13.0. The number of ether oxygens (including phenoxy) is 1. The zero-order valence-corrected chi connectivity index (χ0v) is 13.0. The molecule has 2 aromatic rings. The standard InChI is InChI=1S/C17H24N2O2/c1-4-16-13(3)17(5-2)19(18-16)11-14(20)12-21-15-9-7-6-8-10-15/h6-10,14,20H,4-5,11-12H2,1-3H3. The number of aryl methyl sites for hydroxylation is 1. The molecule has 1 heterocycles. The number of aromatic nitrogens is 2. The second kappa shape index (κ2) is 7.27. The van der Waals surface area contributed by atoms with Crippen LogP contribution in [0.2, 0.25) is 0 Å². The van der Waals surface area contributed by atoms with Crippen molar-refractivity contribution in [1.82, 2.24) is 9.78 Å². The van der Waals surface area contributed by atoms with Gasteiger partial charge in [0.15, 0.2) is 0 Å². The van der Waals surface area contributed by atoms with Crippen LogP contribution in [0.3, 0.4) is 0 Å². The van der Waals surface area contributed by atoms with Gasteiger partial charge in [-0.2, -0.15) is 5.10 Å². The number of rotatable bonds is 7. The Hall–Kier alpha value is -1.81. The Morgan fingerprint density at radius 3 is 2.52 bits per heavy atom. The van der Waals surface area contributed by atoms with Gasteiger partial charge >= 0.3 is 0 Å². The molecule has 0 aliphatic rings. The first-order valence-electron chi connectivity index (χ1n) is 7.56. The molecular weight excluding hydrogens is 264 g/mol. The number of aliphatic hydroxyl groups is 1. The van der Waals surface area contributed by atoms with Gasteiger partial charge in [-0.25, -0.2) is 0 Å². The van der Waals surface area contributed by atoms with Gasteiger partial charge in [-0.1, -0.05) is 32.0 Å². The summed E-state index contributed by atoms with van der Waals surface area (Å²) in [4.78, 5) is 0. The van der Waals surface area contributed by atoms with Crippen molar-refractivity contribution < 1.29 is 9.84 Å². The molecule has 1 unspecified atom stereocenters. The monoisotopic (exact) mass is 288 g/mol. The summed E-state index contributed by atoms with van der Waals surface area (Å²) in [6, 6.07) is 9.55. The topological polar surface area (TPSA) is 47.3 Å². The van der Waals surface area contributed by atoms with Gasteiger partial charge in [-0.05, 0) is 37.5 Å². The molecule has 114 valence electrons. The lowest BCUT2D eigenvalue weighted by Gasteiger charge is -2.14. The van der Waals surface area contributed by atoms with Gasteiger partial charge < -0.3 is 9.84 Å². The summed E-state index contributed by atoms with van der Waals surface area (Å²) in [5.41, 5.74) is 3.56. The number of nitrogens with zero attached hydrogens (tertiary/aromatic N) is 2. The molecule has 1 aromatic heterocycles. The van der Waals surface area contributed by atoms with Crippen molar-refractivity contribution in [2.45, 2.75) is 46.3 Å². The van der Waals surface area contributed by atoms with Crippen molar-refractivity contribution in [2.75, 3.05) is 6.61 Å². The van der Waals surface area contributed by atoms with E-state index in [0.717, 1.165) is 24.3 Å². The van der Waals surface area contributed by atoms with Crippen molar-refractivity contribution in [1.29, 1.82) is 0 Å². The van der Waals surface area contributed by atoms with E-state index in [0.29, 0.717) is 6.54 Å². The van der Waals surface area contributed by atoms with E-state index >= 15 is 0 Å². The Morgan fingerprint density at radius 2 is 1.90 bits per heavy atom. The van der Waals surface area contributed by atoms with Crippen LogP contribution in [-0.2, 0) is 19.4 Å². The van der Waals surface area contributed by atoms with Crippen LogP contribution in [-0.4, -0.2) is 27.6 Å². The number of aliphatic hydroxyl groups excluding tert-OH is 1. The first-order valence-corrected chi connectivity index (χ1v) is 7.56. The minimum absolute atomic E-state index is 0.271. The van der Waals surface area contributed by atoms with Crippen molar-refractivity contribution in [2.24, 2.45) is 0 Å². The molecule has 0 saturated heterocycles. The van der Waals surface area contributed by atoms with Crippen molar-refractivity contribution in [3.8, 4) is 5.75 Å². The lowest BCUT2D eigenvalue weighted by atomic mass is 10.1. The van der Waals surface area contributed by atoms with E-state index in [1.807, 2.05) is 35.0 Å². The van der Waals surface area contributed by atoms with Gasteiger partial charge in [0.25, 0.3) is 0 Å². The predicted molar refractivity (Wildman–Crippen MR) is 83.7 cm³/mol. The Kier molecular flexibility index (Phi) is 5.39. The average Bonchev–Trinajstić information content (AvgIpc) is 2.81. The van der Waals surface area contributed by atoms with Crippen LogP contribution in [0.25, 0.3) is 0 Å². The highest BCUT2D eigenvalue weighted by atomic mass is 16.5. The Labute approximate surface area is 126 Å². The number of hydrogen-bond donors (Lipinski definition) is 1. The van der Waals surface area contributed by atoms with Crippen LogP contribution < -0.4 is 4.74 Å². The molecule has 4 heteroatoms. The van der Waals surface area contributed by atoms with E-state index in [1.165, 1.54) is 11.3 Å². The highest BCUT2D eigenvalue weighted by molar-refractivity contribution is 5.25. The predicted octanol–water partition coefficient (Wildman–Crippen LogP) is 2.76. The van der Waals surface area contributed by atoms with E-state index in [4.69, 9.17) is 4.74 Å². The van der Waals surface area contributed by atoms with Crippen molar-refractivity contribution >= 4 is 0 Å². The molecule has 0 fully saturated rings. The fourth-order valence-corrected chi connectivity index (χ4v) is 2.54. The van der Waals surface area contributed by atoms with Crippen LogP contribution in [0.15, 0.2) is 30.3 Å². The zero-order chi connectivity index (χ0) is 15.2. The molecule has 0 spiro atoms. The molecule has 0 bridgehead atoms. The van der Waals surface area contributed by atoms with Gasteiger partial charge in [-0.3, -0.25) is 4.68 Å². The number of para-hydroxylation sites is 1. The molecule has 2 rings (SSSR count). The largest absolute Gasteiger partial charge is 0.491 e. The maximum absolute atomic E-state index is 10.2. The molecule has 0 aliphatic carbocycles. The van der Waals surface area contributed by atoms with Gasteiger partial charge in [0.1, 0.15) is 18.5 Å². The van der Waals surface area contributed by atoms with E-state index in [2.05, 4.69) is 25.9 Å². The van der Waals surface area contributed by atoms with Gasteiger partial charge in [0, 0.05) is 5.69 Å². The SMILES string of the molecule is CCc1nn(CC(O)COc2ccccc2)c(CC)c1C. The van der Waals surface area contributed by atoms with Gasteiger partial charge in [-0.15, -0.1) is 0 Å². The lowest BCUT2D eigenvalue weighted by Crippen LogP contribution is -2.25. The molecular formula is C17H24N2O2. The molecule has 0 aliphatic heterocycles. The average molecular weight is 288 g/mol. The first kappa shape index (κ1) is 15.6. The van der Waals surface area contributed by atoms with Crippen LogP contribution in [0.4, 0.5) is 0 Å². The highest BCUT2D eigenvalue weighted by Gasteiger charge is 2.15. The van der Waals surface area contributed by atoms with E-state index in [-0.39, 0.29) is 6.61 Å². The summed E-state index contributed by atoms with van der Waals surface area (Å²) in [5.74, 6) is 0.776. The van der Waals surface area contributed by atoms with Crippen molar-refractivity contribution in [3.63, 3.8) is 0 Å². The second-order valence-electron chi connectivity index (χ2n) is 5.19. The third kappa shape index (κ3) is 3.85. The summed E-state index contributed by atoms with van der Waals surface area (Å²) in [5, 5.41) is 14.8. The molecule has 1 atom stereocenters.